The molecule has 0 aliphatic rings. The minimum Gasteiger partial charge on any atom is -0.492 e. The Morgan fingerprint density at radius 1 is 1.53 bits per heavy atom. The molecule has 0 spiro atoms. The van der Waals surface area contributed by atoms with Crippen molar-refractivity contribution in [1.82, 2.24) is 0 Å². The predicted molar refractivity (Wildman–Crippen MR) is 70.0 cm³/mol. The van der Waals surface area contributed by atoms with Gasteiger partial charge in [0.2, 0.25) is 9.05 Å². The summed E-state index contributed by atoms with van der Waals surface area (Å²) in [5, 5.41) is 8.82. The summed E-state index contributed by atoms with van der Waals surface area (Å²) in [5.74, 6) is -1.09. The van der Waals surface area contributed by atoms with Gasteiger partial charge in [0.15, 0.2) is 0 Å². The van der Waals surface area contributed by atoms with Gasteiger partial charge in [-0.2, -0.15) is 5.26 Å². The number of hydrogen-bond acceptors (Lipinski definition) is 4. The van der Waals surface area contributed by atoms with Gasteiger partial charge in [0, 0.05) is 16.6 Å². The molecule has 0 heterocycles. The Hall–Kier alpha value is -1.32. The van der Waals surface area contributed by atoms with E-state index in [1.165, 1.54) is 12.1 Å². The van der Waals surface area contributed by atoms with Crippen LogP contribution in [0.5, 0.6) is 5.75 Å². The van der Waals surface area contributed by atoms with Crippen LogP contribution in [0.15, 0.2) is 18.2 Å². The number of nitriles is 1. The van der Waals surface area contributed by atoms with E-state index in [1.807, 2.05) is 0 Å². The average Bonchev–Trinajstić information content (AvgIpc) is 2.33. The van der Waals surface area contributed by atoms with Crippen molar-refractivity contribution in [2.75, 3.05) is 12.4 Å². The molecule has 19 heavy (non-hydrogen) atoms. The van der Waals surface area contributed by atoms with Crippen molar-refractivity contribution in [3.05, 3.63) is 29.6 Å². The fourth-order valence-corrected chi connectivity index (χ4v) is 2.94. The van der Waals surface area contributed by atoms with Crippen LogP contribution < -0.4 is 4.74 Å². The van der Waals surface area contributed by atoms with Crippen LogP contribution in [0.2, 0.25) is 0 Å². The fraction of sp³-hybridized carbons (Fsp3) is 0.417. The normalized spacial score (nSPS) is 12.7. The highest BCUT2D eigenvalue weighted by molar-refractivity contribution is 8.13. The van der Waals surface area contributed by atoms with Gasteiger partial charge in [-0.25, -0.2) is 12.8 Å². The van der Waals surface area contributed by atoms with Crippen LogP contribution in [0.3, 0.4) is 0 Å². The van der Waals surface area contributed by atoms with Crippen molar-refractivity contribution in [2.24, 2.45) is 5.92 Å². The molecule has 1 unspecified atom stereocenters. The summed E-state index contributed by atoms with van der Waals surface area (Å²) in [6.07, 6.45) is 0.545. The van der Waals surface area contributed by atoms with Gasteiger partial charge in [-0.15, -0.1) is 0 Å². The van der Waals surface area contributed by atoms with Crippen molar-refractivity contribution < 1.29 is 17.5 Å². The molecule has 0 saturated heterocycles. The summed E-state index contributed by atoms with van der Waals surface area (Å²) in [7, 11) is 1.57. The molecule has 0 saturated carbocycles. The third kappa shape index (κ3) is 5.05. The molecule has 0 bridgehead atoms. The molecule has 0 amide bonds. The quantitative estimate of drug-likeness (QED) is 0.758. The van der Waals surface area contributed by atoms with Crippen molar-refractivity contribution in [3.63, 3.8) is 0 Å². The molecule has 0 N–H and O–H groups in total. The summed E-state index contributed by atoms with van der Waals surface area (Å²) in [6, 6.07) is 5.75. The number of hydrogen-bond donors (Lipinski definition) is 0. The lowest BCUT2D eigenvalue weighted by atomic mass is 10.1. The van der Waals surface area contributed by atoms with Crippen LogP contribution in [-0.4, -0.2) is 20.8 Å². The Balaban J connectivity index is 2.76. The molecule has 7 heteroatoms. The first-order chi connectivity index (χ1) is 8.87. The smallest absolute Gasteiger partial charge is 0.232 e. The Bertz CT molecular complexity index is 583. The largest absolute Gasteiger partial charge is 0.492 e. The lowest BCUT2D eigenvalue weighted by Gasteiger charge is -2.15. The summed E-state index contributed by atoms with van der Waals surface area (Å²) < 4.78 is 40.6. The standard InChI is InChI=1S/C12H13ClFNO3S/c1-2-9(8-19(13,16)17)7-18-12-5-3-4-11(14)10(12)6-15/h3-5,9H,2,7-8H2,1H3. The van der Waals surface area contributed by atoms with Crippen LogP contribution in [-0.2, 0) is 9.05 Å². The number of benzene rings is 1. The van der Waals surface area contributed by atoms with Crippen LogP contribution in [0, 0.1) is 23.1 Å². The van der Waals surface area contributed by atoms with Gasteiger partial charge < -0.3 is 4.74 Å². The van der Waals surface area contributed by atoms with E-state index in [-0.39, 0.29) is 29.6 Å². The van der Waals surface area contributed by atoms with Crippen LogP contribution in [0.1, 0.15) is 18.9 Å². The van der Waals surface area contributed by atoms with E-state index in [0.29, 0.717) is 6.42 Å². The van der Waals surface area contributed by atoms with Crippen molar-refractivity contribution in [2.45, 2.75) is 13.3 Å². The molecular weight excluding hydrogens is 293 g/mol. The van der Waals surface area contributed by atoms with Crippen molar-refractivity contribution in [3.8, 4) is 11.8 Å². The first-order valence-corrected chi connectivity index (χ1v) is 8.09. The second-order valence-electron chi connectivity index (χ2n) is 4.02. The van der Waals surface area contributed by atoms with E-state index in [0.717, 1.165) is 6.07 Å². The minimum absolute atomic E-state index is 0.0561. The molecule has 1 aromatic rings. The molecule has 1 rings (SSSR count). The highest BCUT2D eigenvalue weighted by atomic mass is 35.7. The summed E-state index contributed by atoms with van der Waals surface area (Å²) >= 11 is 0. The molecule has 0 aliphatic carbocycles. The second-order valence-corrected chi connectivity index (χ2v) is 6.84. The zero-order valence-electron chi connectivity index (χ0n) is 10.3. The van der Waals surface area contributed by atoms with E-state index in [1.54, 1.807) is 13.0 Å². The molecule has 0 fully saturated rings. The topological polar surface area (TPSA) is 67.2 Å². The average molecular weight is 306 g/mol. The lowest BCUT2D eigenvalue weighted by molar-refractivity contribution is 0.256. The molecular formula is C12H13ClFNO3S. The fourth-order valence-electron chi connectivity index (χ4n) is 1.51. The lowest BCUT2D eigenvalue weighted by Crippen LogP contribution is -2.19. The van der Waals surface area contributed by atoms with Crippen LogP contribution in [0.25, 0.3) is 0 Å². The molecule has 0 radical (unpaired) electrons. The van der Waals surface area contributed by atoms with Gasteiger partial charge in [0.05, 0.1) is 12.4 Å². The molecule has 1 aromatic carbocycles. The van der Waals surface area contributed by atoms with E-state index < -0.39 is 14.9 Å². The Morgan fingerprint density at radius 3 is 2.74 bits per heavy atom. The molecule has 0 aliphatic heterocycles. The van der Waals surface area contributed by atoms with Crippen molar-refractivity contribution >= 4 is 19.7 Å². The maximum Gasteiger partial charge on any atom is 0.232 e. The third-order valence-electron chi connectivity index (χ3n) is 2.57. The van der Waals surface area contributed by atoms with Gasteiger partial charge >= 0.3 is 0 Å². The molecule has 0 aromatic heterocycles. The highest BCUT2D eigenvalue weighted by Gasteiger charge is 2.17. The first-order valence-electron chi connectivity index (χ1n) is 5.61. The van der Waals surface area contributed by atoms with E-state index in [2.05, 4.69) is 0 Å². The monoisotopic (exact) mass is 305 g/mol. The van der Waals surface area contributed by atoms with Gasteiger partial charge in [-0.05, 0) is 18.6 Å². The zero-order chi connectivity index (χ0) is 14.5. The van der Waals surface area contributed by atoms with Crippen LogP contribution in [0.4, 0.5) is 4.39 Å². The molecule has 4 nitrogen and oxygen atoms in total. The number of rotatable bonds is 6. The number of ether oxygens (including phenoxy) is 1. The summed E-state index contributed by atoms with van der Waals surface area (Å²) in [4.78, 5) is 0. The maximum absolute atomic E-state index is 13.3. The van der Waals surface area contributed by atoms with E-state index in [9.17, 15) is 12.8 Å². The minimum atomic E-state index is -3.61. The second kappa shape index (κ2) is 6.73. The number of nitrogens with zero attached hydrogens (tertiary/aromatic N) is 1. The SMILES string of the molecule is CCC(COc1cccc(F)c1C#N)CS(=O)(=O)Cl. The van der Waals surface area contributed by atoms with E-state index >= 15 is 0 Å². The molecule has 104 valence electrons. The third-order valence-corrected chi connectivity index (χ3v) is 3.82. The first kappa shape index (κ1) is 15.7. The zero-order valence-corrected chi connectivity index (χ0v) is 11.8. The summed E-state index contributed by atoms with van der Waals surface area (Å²) in [5.41, 5.74) is -0.189. The Kier molecular flexibility index (Phi) is 5.58. The van der Waals surface area contributed by atoms with Crippen LogP contribution >= 0.6 is 10.7 Å². The predicted octanol–water partition coefficient (Wildman–Crippen LogP) is 2.67. The van der Waals surface area contributed by atoms with Crippen molar-refractivity contribution in [1.29, 1.82) is 5.26 Å². The van der Waals surface area contributed by atoms with E-state index in [4.69, 9.17) is 20.7 Å². The van der Waals surface area contributed by atoms with Gasteiger partial charge in [0.1, 0.15) is 23.2 Å². The Morgan fingerprint density at radius 2 is 2.21 bits per heavy atom. The highest BCUT2D eigenvalue weighted by Crippen LogP contribution is 2.22. The van der Waals surface area contributed by atoms with Gasteiger partial charge in [-0.1, -0.05) is 13.0 Å². The number of halogens is 2. The Labute approximate surface area is 116 Å². The van der Waals surface area contributed by atoms with Gasteiger partial charge in [-0.3, -0.25) is 0 Å². The van der Waals surface area contributed by atoms with Gasteiger partial charge in [0.25, 0.3) is 0 Å². The maximum atomic E-state index is 13.3. The molecule has 1 atom stereocenters. The summed E-state index contributed by atoms with van der Waals surface area (Å²) in [6.45, 7) is 1.85.